The molecule has 1 heterocycles. The van der Waals surface area contributed by atoms with Gasteiger partial charge in [0.25, 0.3) is 0 Å². The van der Waals surface area contributed by atoms with Crippen LogP contribution in [-0.2, 0) is 0 Å². The monoisotopic (exact) mass is 140 g/mol. The molecule has 52 valence electrons. The zero-order valence-electron chi connectivity index (χ0n) is 4.85. The van der Waals surface area contributed by atoms with E-state index in [1.54, 1.807) is 0 Å². The molecule has 0 atom stereocenters. The molecule has 2 N–H and O–H groups in total. The van der Waals surface area contributed by atoms with Crippen LogP contribution in [-0.4, -0.2) is 26.6 Å². The van der Waals surface area contributed by atoms with Gasteiger partial charge in [-0.25, -0.2) is 4.79 Å². The van der Waals surface area contributed by atoms with E-state index in [4.69, 9.17) is 5.11 Å². The standard InChI is InChI=1S/C4H4N4O2/c9-4(10)6-3-1-2-5-8-7-3/h1-2H,(H,9,10)(H,5,6,7). The normalized spacial score (nSPS) is 8.80. The van der Waals surface area contributed by atoms with Crippen molar-refractivity contribution in [3.05, 3.63) is 12.3 Å². The summed E-state index contributed by atoms with van der Waals surface area (Å²) in [4.78, 5) is 9.97. The lowest BCUT2D eigenvalue weighted by Crippen LogP contribution is -2.09. The second kappa shape index (κ2) is 2.72. The number of hydrogen-bond acceptors (Lipinski definition) is 4. The van der Waals surface area contributed by atoms with Crippen molar-refractivity contribution >= 4 is 11.9 Å². The maximum Gasteiger partial charge on any atom is 0.410 e. The second-order valence-corrected chi connectivity index (χ2v) is 1.44. The molecule has 0 aliphatic carbocycles. The van der Waals surface area contributed by atoms with Crippen LogP contribution in [0, 0.1) is 0 Å². The molecule has 1 aromatic heterocycles. The van der Waals surface area contributed by atoms with Crippen molar-refractivity contribution < 1.29 is 9.90 Å². The molecule has 1 amide bonds. The molecule has 1 aromatic rings. The Morgan fingerprint density at radius 3 is 3.00 bits per heavy atom. The Bertz CT molecular complexity index is 224. The molecular weight excluding hydrogens is 136 g/mol. The van der Waals surface area contributed by atoms with Crippen molar-refractivity contribution in [2.75, 3.05) is 5.32 Å². The van der Waals surface area contributed by atoms with E-state index in [1.807, 2.05) is 5.32 Å². The fraction of sp³-hybridized carbons (Fsp3) is 0. The van der Waals surface area contributed by atoms with Crippen LogP contribution in [0.3, 0.4) is 0 Å². The summed E-state index contributed by atoms with van der Waals surface area (Å²) in [6.45, 7) is 0. The van der Waals surface area contributed by atoms with E-state index in [0.717, 1.165) is 0 Å². The van der Waals surface area contributed by atoms with Gasteiger partial charge < -0.3 is 5.11 Å². The fourth-order valence-electron chi connectivity index (χ4n) is 0.417. The number of anilines is 1. The van der Waals surface area contributed by atoms with Gasteiger partial charge in [0.1, 0.15) is 0 Å². The van der Waals surface area contributed by atoms with Crippen molar-refractivity contribution in [1.82, 2.24) is 15.4 Å². The SMILES string of the molecule is O=C(O)Nc1ccnnn1. The van der Waals surface area contributed by atoms with Crippen molar-refractivity contribution in [2.45, 2.75) is 0 Å². The Balaban J connectivity index is 2.67. The molecule has 0 aliphatic rings. The minimum absolute atomic E-state index is 0.169. The maximum atomic E-state index is 9.97. The Kier molecular flexibility index (Phi) is 1.74. The fourth-order valence-corrected chi connectivity index (χ4v) is 0.417. The lowest BCUT2D eigenvalue weighted by molar-refractivity contribution is 0.209. The molecular formula is C4H4N4O2. The van der Waals surface area contributed by atoms with Crippen LogP contribution in [0.2, 0.25) is 0 Å². The first-order valence-electron chi connectivity index (χ1n) is 2.43. The number of carboxylic acid groups (broad SMARTS) is 1. The predicted molar refractivity (Wildman–Crippen MR) is 31.5 cm³/mol. The number of nitrogens with one attached hydrogen (secondary N) is 1. The molecule has 0 aromatic carbocycles. The average Bonchev–Trinajstić information content (AvgIpc) is 1.88. The third-order valence-corrected chi connectivity index (χ3v) is 0.738. The van der Waals surface area contributed by atoms with Crippen molar-refractivity contribution in [2.24, 2.45) is 0 Å². The molecule has 6 heteroatoms. The first kappa shape index (κ1) is 6.40. The van der Waals surface area contributed by atoms with Gasteiger partial charge in [-0.2, -0.15) is 0 Å². The van der Waals surface area contributed by atoms with Crippen LogP contribution >= 0.6 is 0 Å². The topological polar surface area (TPSA) is 88.0 Å². The summed E-state index contributed by atoms with van der Waals surface area (Å²) in [6, 6.07) is 1.40. The second-order valence-electron chi connectivity index (χ2n) is 1.44. The molecule has 0 aliphatic heterocycles. The smallest absolute Gasteiger partial charge is 0.410 e. The van der Waals surface area contributed by atoms with E-state index < -0.39 is 6.09 Å². The van der Waals surface area contributed by atoms with E-state index in [1.165, 1.54) is 12.3 Å². The molecule has 10 heavy (non-hydrogen) atoms. The summed E-state index contributed by atoms with van der Waals surface area (Å²) in [5.74, 6) is 0.169. The summed E-state index contributed by atoms with van der Waals surface area (Å²) < 4.78 is 0. The van der Waals surface area contributed by atoms with E-state index in [0.29, 0.717) is 0 Å². The molecule has 6 nitrogen and oxygen atoms in total. The number of hydrogen-bond donors (Lipinski definition) is 2. The third-order valence-electron chi connectivity index (χ3n) is 0.738. The summed E-state index contributed by atoms with van der Waals surface area (Å²) in [6.07, 6.45) is 0.179. The molecule has 0 fully saturated rings. The molecule has 0 saturated carbocycles. The Hall–Kier alpha value is -1.72. The number of rotatable bonds is 1. The van der Waals surface area contributed by atoms with Gasteiger partial charge in [-0.15, -0.1) is 10.2 Å². The zero-order chi connectivity index (χ0) is 7.40. The highest BCUT2D eigenvalue weighted by molar-refractivity contribution is 5.80. The highest BCUT2D eigenvalue weighted by Gasteiger charge is 1.96. The van der Waals surface area contributed by atoms with Gasteiger partial charge in [-0.1, -0.05) is 0 Å². The molecule has 0 spiro atoms. The van der Waals surface area contributed by atoms with Crippen molar-refractivity contribution in [1.29, 1.82) is 0 Å². The van der Waals surface area contributed by atoms with Crippen LogP contribution in [0.25, 0.3) is 0 Å². The first-order chi connectivity index (χ1) is 4.79. The van der Waals surface area contributed by atoms with E-state index in [2.05, 4.69) is 15.4 Å². The van der Waals surface area contributed by atoms with Gasteiger partial charge in [-0.3, -0.25) is 5.32 Å². The van der Waals surface area contributed by atoms with Crippen molar-refractivity contribution in [3.63, 3.8) is 0 Å². The highest BCUT2D eigenvalue weighted by Crippen LogP contribution is 1.94. The number of aromatic nitrogens is 3. The zero-order valence-corrected chi connectivity index (χ0v) is 4.85. The molecule has 0 radical (unpaired) electrons. The van der Waals surface area contributed by atoms with E-state index in [9.17, 15) is 4.79 Å². The number of amides is 1. The summed E-state index contributed by atoms with van der Waals surface area (Å²) in [5.41, 5.74) is 0. The van der Waals surface area contributed by atoms with E-state index >= 15 is 0 Å². The Labute approximate surface area is 55.9 Å². The number of carbonyl (C=O) groups is 1. The van der Waals surface area contributed by atoms with Crippen LogP contribution in [0.5, 0.6) is 0 Å². The largest absolute Gasteiger partial charge is 0.465 e. The molecule has 0 unspecified atom stereocenters. The summed E-state index contributed by atoms with van der Waals surface area (Å²) in [7, 11) is 0. The average molecular weight is 140 g/mol. The Morgan fingerprint density at radius 1 is 1.70 bits per heavy atom. The summed E-state index contributed by atoms with van der Waals surface area (Å²) in [5, 5.41) is 20.1. The van der Waals surface area contributed by atoms with E-state index in [-0.39, 0.29) is 5.82 Å². The van der Waals surface area contributed by atoms with Crippen LogP contribution in [0.1, 0.15) is 0 Å². The minimum Gasteiger partial charge on any atom is -0.465 e. The lowest BCUT2D eigenvalue weighted by Gasteiger charge is -1.93. The molecule has 0 bridgehead atoms. The quantitative estimate of drug-likeness (QED) is 0.571. The molecule has 0 saturated heterocycles. The highest BCUT2D eigenvalue weighted by atomic mass is 16.4. The lowest BCUT2D eigenvalue weighted by atomic mass is 10.6. The van der Waals surface area contributed by atoms with Gasteiger partial charge >= 0.3 is 6.09 Å². The van der Waals surface area contributed by atoms with Gasteiger partial charge in [0, 0.05) is 6.07 Å². The van der Waals surface area contributed by atoms with Gasteiger partial charge in [0.05, 0.1) is 6.20 Å². The Morgan fingerprint density at radius 2 is 2.50 bits per heavy atom. The van der Waals surface area contributed by atoms with Crippen LogP contribution in [0.15, 0.2) is 12.3 Å². The van der Waals surface area contributed by atoms with Crippen LogP contribution in [0.4, 0.5) is 10.6 Å². The number of nitrogens with zero attached hydrogens (tertiary/aromatic N) is 3. The summed E-state index contributed by atoms with van der Waals surface area (Å²) >= 11 is 0. The third kappa shape index (κ3) is 1.66. The van der Waals surface area contributed by atoms with Crippen molar-refractivity contribution in [3.8, 4) is 0 Å². The van der Waals surface area contributed by atoms with Gasteiger partial charge in [0.2, 0.25) is 0 Å². The minimum atomic E-state index is -1.17. The molecule has 1 rings (SSSR count). The first-order valence-corrected chi connectivity index (χ1v) is 2.43. The van der Waals surface area contributed by atoms with Gasteiger partial charge in [-0.05, 0) is 5.21 Å². The predicted octanol–water partition coefficient (Wildman–Crippen LogP) is -0.0385. The van der Waals surface area contributed by atoms with Gasteiger partial charge in [0.15, 0.2) is 5.82 Å². The maximum absolute atomic E-state index is 9.97. The van der Waals surface area contributed by atoms with Crippen LogP contribution < -0.4 is 5.32 Å².